The van der Waals surface area contributed by atoms with E-state index in [0.717, 1.165) is 32.1 Å². The van der Waals surface area contributed by atoms with Crippen LogP contribution in [0.5, 0.6) is 5.75 Å². The predicted molar refractivity (Wildman–Crippen MR) is 99.5 cm³/mol. The fourth-order valence-electron chi connectivity index (χ4n) is 3.79. The molecule has 0 bridgehead atoms. The van der Waals surface area contributed by atoms with Gasteiger partial charge in [0, 0.05) is 19.1 Å². The van der Waals surface area contributed by atoms with Gasteiger partial charge in [0.25, 0.3) is 0 Å². The third-order valence-electron chi connectivity index (χ3n) is 5.23. The van der Waals surface area contributed by atoms with E-state index in [2.05, 4.69) is 5.32 Å². The molecule has 0 unspecified atom stereocenters. The zero-order valence-electron chi connectivity index (χ0n) is 15.3. The Bertz CT molecular complexity index is 712. The number of hydrogen-bond donors (Lipinski definition) is 1. The summed E-state index contributed by atoms with van der Waals surface area (Å²) in [5, 5.41) is 3.10. The Kier molecular flexibility index (Phi) is 6.19. The number of benzene rings is 1. The fraction of sp³-hybridized carbons (Fsp3) is 0.632. The lowest BCUT2D eigenvalue weighted by Gasteiger charge is -2.31. The molecule has 1 atom stereocenters. The molecular formula is C19H28N2O4S. The number of nitrogens with zero attached hydrogens (tertiary/aromatic N) is 1. The molecule has 1 heterocycles. The molecule has 1 N–H and O–H groups in total. The fourth-order valence-corrected chi connectivity index (χ4v) is 5.31. The largest absolute Gasteiger partial charge is 0.494 e. The lowest BCUT2D eigenvalue weighted by atomic mass is 9.98. The first-order chi connectivity index (χ1) is 12.5. The van der Waals surface area contributed by atoms with E-state index in [-0.39, 0.29) is 29.3 Å². The maximum Gasteiger partial charge on any atom is 0.243 e. The van der Waals surface area contributed by atoms with E-state index in [1.54, 1.807) is 24.3 Å². The van der Waals surface area contributed by atoms with Gasteiger partial charge in [-0.1, -0.05) is 12.8 Å². The highest BCUT2D eigenvalue weighted by Gasteiger charge is 2.34. The number of carbonyl (C=O) groups is 1. The van der Waals surface area contributed by atoms with E-state index in [1.165, 1.54) is 4.31 Å². The Morgan fingerprint density at radius 2 is 1.85 bits per heavy atom. The van der Waals surface area contributed by atoms with Gasteiger partial charge in [-0.25, -0.2) is 8.42 Å². The van der Waals surface area contributed by atoms with Crippen LogP contribution in [0.15, 0.2) is 29.2 Å². The zero-order chi connectivity index (χ0) is 18.6. The van der Waals surface area contributed by atoms with Gasteiger partial charge in [-0.3, -0.25) is 4.79 Å². The van der Waals surface area contributed by atoms with Crippen LogP contribution in [0.1, 0.15) is 45.4 Å². The van der Waals surface area contributed by atoms with Crippen molar-refractivity contribution in [2.24, 2.45) is 5.92 Å². The number of ether oxygens (including phenoxy) is 1. The second-order valence-electron chi connectivity index (χ2n) is 7.10. The molecule has 144 valence electrons. The number of nitrogens with one attached hydrogen (secondary N) is 1. The molecule has 26 heavy (non-hydrogen) atoms. The number of rotatable bonds is 6. The van der Waals surface area contributed by atoms with Gasteiger partial charge in [0.1, 0.15) is 5.75 Å². The van der Waals surface area contributed by atoms with Crippen molar-refractivity contribution in [1.82, 2.24) is 9.62 Å². The summed E-state index contributed by atoms with van der Waals surface area (Å²) in [6.45, 7) is 3.14. The molecule has 1 saturated carbocycles. The summed E-state index contributed by atoms with van der Waals surface area (Å²) in [7, 11) is -3.59. The van der Waals surface area contributed by atoms with Crippen LogP contribution >= 0.6 is 0 Å². The Hall–Kier alpha value is -1.60. The van der Waals surface area contributed by atoms with Crippen LogP contribution in [-0.2, 0) is 14.8 Å². The smallest absolute Gasteiger partial charge is 0.243 e. The molecule has 1 amide bonds. The molecule has 1 aromatic rings. The van der Waals surface area contributed by atoms with E-state index >= 15 is 0 Å². The molecule has 0 aromatic heterocycles. The Morgan fingerprint density at radius 1 is 1.15 bits per heavy atom. The molecular weight excluding hydrogens is 352 g/mol. The number of amides is 1. The Morgan fingerprint density at radius 3 is 2.50 bits per heavy atom. The van der Waals surface area contributed by atoms with Crippen molar-refractivity contribution in [1.29, 1.82) is 0 Å². The normalized spacial score (nSPS) is 22.3. The van der Waals surface area contributed by atoms with Crippen molar-refractivity contribution < 1.29 is 17.9 Å². The van der Waals surface area contributed by atoms with E-state index in [1.807, 2.05) is 6.92 Å². The van der Waals surface area contributed by atoms with E-state index in [0.29, 0.717) is 25.3 Å². The third kappa shape index (κ3) is 4.38. The first kappa shape index (κ1) is 19.2. The van der Waals surface area contributed by atoms with Crippen LogP contribution in [0.3, 0.4) is 0 Å². The van der Waals surface area contributed by atoms with Gasteiger partial charge in [0.05, 0.1) is 17.4 Å². The molecule has 2 aliphatic rings. The predicted octanol–water partition coefficient (Wildman–Crippen LogP) is 2.54. The van der Waals surface area contributed by atoms with Crippen molar-refractivity contribution in [3.8, 4) is 5.75 Å². The van der Waals surface area contributed by atoms with Gasteiger partial charge < -0.3 is 10.1 Å². The van der Waals surface area contributed by atoms with Crippen molar-refractivity contribution in [2.75, 3.05) is 19.7 Å². The maximum absolute atomic E-state index is 12.9. The molecule has 1 aliphatic heterocycles. The second kappa shape index (κ2) is 8.39. The molecule has 3 rings (SSSR count). The third-order valence-corrected chi connectivity index (χ3v) is 7.11. The number of hydrogen-bond acceptors (Lipinski definition) is 4. The van der Waals surface area contributed by atoms with E-state index < -0.39 is 10.0 Å². The number of piperidine rings is 1. The average Bonchev–Trinajstić information content (AvgIpc) is 3.15. The van der Waals surface area contributed by atoms with Crippen molar-refractivity contribution >= 4 is 15.9 Å². The maximum atomic E-state index is 12.9. The van der Waals surface area contributed by atoms with Gasteiger partial charge >= 0.3 is 0 Å². The quantitative estimate of drug-likeness (QED) is 0.823. The summed E-state index contributed by atoms with van der Waals surface area (Å²) in [4.78, 5) is 12.8. The van der Waals surface area contributed by atoms with Crippen LogP contribution in [0.25, 0.3) is 0 Å². The van der Waals surface area contributed by atoms with Crippen molar-refractivity contribution in [3.05, 3.63) is 24.3 Å². The van der Waals surface area contributed by atoms with Crippen LogP contribution in [0.2, 0.25) is 0 Å². The highest BCUT2D eigenvalue weighted by molar-refractivity contribution is 7.89. The van der Waals surface area contributed by atoms with Gasteiger partial charge in [-0.15, -0.1) is 0 Å². The van der Waals surface area contributed by atoms with Gasteiger partial charge in [0.2, 0.25) is 15.9 Å². The van der Waals surface area contributed by atoms with Crippen molar-refractivity contribution in [3.63, 3.8) is 0 Å². The average molecular weight is 381 g/mol. The topological polar surface area (TPSA) is 75.7 Å². The minimum atomic E-state index is -3.59. The lowest BCUT2D eigenvalue weighted by molar-refractivity contribution is -0.126. The molecule has 0 spiro atoms. The minimum absolute atomic E-state index is 0.00323. The van der Waals surface area contributed by atoms with Crippen LogP contribution in [0, 0.1) is 5.92 Å². The van der Waals surface area contributed by atoms with Gasteiger partial charge in [0.15, 0.2) is 0 Å². The SMILES string of the molecule is CCOc1ccc(S(=O)(=O)N2CCC[C@H](C(=O)NC3CCCC3)C2)cc1. The molecule has 2 fully saturated rings. The second-order valence-corrected chi connectivity index (χ2v) is 9.03. The summed E-state index contributed by atoms with van der Waals surface area (Å²) in [6.07, 6.45) is 5.84. The summed E-state index contributed by atoms with van der Waals surface area (Å²) >= 11 is 0. The molecule has 1 saturated heterocycles. The molecule has 0 radical (unpaired) electrons. The van der Waals surface area contributed by atoms with Crippen LogP contribution in [0.4, 0.5) is 0 Å². The Balaban J connectivity index is 1.66. The standard InChI is InChI=1S/C19H28N2O4S/c1-2-25-17-9-11-18(12-10-17)26(23,24)21-13-5-6-15(14-21)19(22)20-16-7-3-4-8-16/h9-12,15-16H,2-8,13-14H2,1H3,(H,20,22)/t15-/m0/s1. The summed E-state index contributed by atoms with van der Waals surface area (Å²) in [5.41, 5.74) is 0. The Labute approximate surface area is 156 Å². The van der Waals surface area contributed by atoms with E-state index in [4.69, 9.17) is 4.74 Å². The summed E-state index contributed by atoms with van der Waals surface area (Å²) in [6, 6.07) is 6.75. The zero-order valence-corrected chi connectivity index (χ0v) is 16.1. The molecule has 1 aromatic carbocycles. The molecule has 7 heteroatoms. The van der Waals surface area contributed by atoms with Crippen molar-refractivity contribution in [2.45, 2.75) is 56.4 Å². The van der Waals surface area contributed by atoms with Crippen LogP contribution < -0.4 is 10.1 Å². The molecule has 1 aliphatic carbocycles. The number of sulfonamides is 1. The first-order valence-corrected chi connectivity index (χ1v) is 11.0. The summed E-state index contributed by atoms with van der Waals surface area (Å²) in [5.74, 6) is 0.393. The van der Waals surface area contributed by atoms with Gasteiger partial charge in [-0.2, -0.15) is 4.31 Å². The highest BCUT2D eigenvalue weighted by atomic mass is 32.2. The minimum Gasteiger partial charge on any atom is -0.494 e. The monoisotopic (exact) mass is 380 g/mol. The van der Waals surface area contributed by atoms with E-state index in [9.17, 15) is 13.2 Å². The first-order valence-electron chi connectivity index (χ1n) is 9.54. The molecule has 6 nitrogen and oxygen atoms in total. The van der Waals surface area contributed by atoms with Gasteiger partial charge in [-0.05, 0) is 56.9 Å². The highest BCUT2D eigenvalue weighted by Crippen LogP contribution is 2.26. The lowest BCUT2D eigenvalue weighted by Crippen LogP contribution is -2.47. The number of carbonyl (C=O) groups excluding carboxylic acids is 1. The summed E-state index contributed by atoms with van der Waals surface area (Å²) < 4.78 is 32.7. The van der Waals surface area contributed by atoms with Crippen LogP contribution in [-0.4, -0.2) is 44.4 Å².